The van der Waals surface area contributed by atoms with Crippen LogP contribution >= 0.6 is 11.6 Å². The fraction of sp³-hybridized carbons (Fsp3) is 0.577. The summed E-state index contributed by atoms with van der Waals surface area (Å²) in [6, 6.07) is 2.98. The minimum absolute atomic E-state index is 0.0290. The second-order valence-electron chi connectivity index (χ2n) is 10.7. The van der Waals surface area contributed by atoms with Crippen LogP contribution in [0.3, 0.4) is 0 Å². The molecule has 42 heavy (non-hydrogen) atoms. The molecule has 16 heteroatoms. The molecule has 2 aromatic rings. The molecule has 0 spiro atoms. The van der Waals surface area contributed by atoms with E-state index in [1.165, 1.54) is 4.68 Å². The van der Waals surface area contributed by atoms with Crippen LogP contribution in [0.4, 0.5) is 22.0 Å². The number of Topliss-reactive ketones (excluding diaryl/α,β-unsaturated/α-hetero) is 1. The third-order valence-electron chi connectivity index (χ3n) is 7.84. The number of amides is 1. The zero-order chi connectivity index (χ0) is 31.0. The van der Waals surface area contributed by atoms with E-state index in [9.17, 15) is 40.9 Å². The van der Waals surface area contributed by atoms with Crippen LogP contribution in [-0.2, 0) is 17.6 Å². The van der Waals surface area contributed by atoms with Gasteiger partial charge in [-0.05, 0) is 63.5 Å². The van der Waals surface area contributed by atoms with Gasteiger partial charge in [0.15, 0.2) is 22.6 Å². The molecule has 1 aromatic carbocycles. The van der Waals surface area contributed by atoms with E-state index in [1.54, 1.807) is 6.92 Å². The van der Waals surface area contributed by atoms with E-state index < -0.39 is 70.7 Å². The summed E-state index contributed by atoms with van der Waals surface area (Å²) >= 11 is 4.55. The number of ether oxygens (including phenoxy) is 1. The number of halogens is 6. The highest BCUT2D eigenvalue weighted by Crippen LogP contribution is 2.59. The van der Waals surface area contributed by atoms with E-state index in [4.69, 9.17) is 16.2 Å². The van der Waals surface area contributed by atoms with Gasteiger partial charge in [-0.3, -0.25) is 14.3 Å². The number of carbonyl (C=O) groups is 2. The van der Waals surface area contributed by atoms with E-state index in [2.05, 4.69) is 15.2 Å². The van der Waals surface area contributed by atoms with Gasteiger partial charge in [0.25, 0.3) is 5.91 Å². The second-order valence-corrected chi connectivity index (χ2v) is 12.0. The number of nitrogens with zero attached hydrogens (tertiary/aromatic N) is 2. The molecule has 2 saturated carbocycles. The van der Waals surface area contributed by atoms with Crippen LogP contribution < -0.4 is 10.1 Å². The van der Waals surface area contributed by atoms with Gasteiger partial charge >= 0.3 is 12.8 Å². The first-order valence-corrected chi connectivity index (χ1v) is 14.8. The average molecular weight is 642 g/mol. The number of aliphatic hydroxyl groups is 1. The molecule has 232 valence electrons. The predicted molar refractivity (Wildman–Crippen MR) is 142 cm³/mol. The van der Waals surface area contributed by atoms with Crippen molar-refractivity contribution in [1.29, 1.82) is 0 Å². The van der Waals surface area contributed by atoms with Gasteiger partial charge in [-0.25, -0.2) is 4.21 Å². The zero-order valence-electron chi connectivity index (χ0n) is 22.3. The maximum Gasteiger partial charge on any atom is 0.401 e. The van der Waals surface area contributed by atoms with E-state index in [0.29, 0.717) is 12.8 Å². The second kappa shape index (κ2) is 12.2. The molecule has 1 heterocycles. The van der Waals surface area contributed by atoms with Gasteiger partial charge in [-0.15, -0.1) is 0 Å². The maximum absolute atomic E-state index is 13.5. The van der Waals surface area contributed by atoms with Gasteiger partial charge in [0, 0.05) is 24.2 Å². The summed E-state index contributed by atoms with van der Waals surface area (Å²) in [4.78, 5) is 25.8. The number of nitrogens with one attached hydrogen (secondary N) is 1. The number of benzene rings is 1. The Bertz CT molecular complexity index is 1370. The summed E-state index contributed by atoms with van der Waals surface area (Å²) in [6.45, 7) is -1.82. The largest absolute Gasteiger partial charge is 0.434 e. The van der Waals surface area contributed by atoms with Crippen molar-refractivity contribution in [3.8, 4) is 17.0 Å². The predicted octanol–water partition coefficient (Wildman–Crippen LogP) is 5.22. The van der Waals surface area contributed by atoms with Crippen molar-refractivity contribution in [3.05, 3.63) is 34.5 Å². The number of carbonyl (C=O) groups excluding carboxylic acids is 2. The van der Waals surface area contributed by atoms with Crippen LogP contribution in [0.15, 0.2) is 18.2 Å². The summed E-state index contributed by atoms with van der Waals surface area (Å²) in [5.41, 5.74) is -4.74. The van der Waals surface area contributed by atoms with Gasteiger partial charge in [0.1, 0.15) is 11.2 Å². The highest BCUT2D eigenvalue weighted by Gasteiger charge is 2.68. The molecular formula is C26H29ClF5N3O6S. The Hall–Kier alpha value is -2.62. The van der Waals surface area contributed by atoms with Crippen molar-refractivity contribution in [2.75, 3.05) is 12.3 Å². The summed E-state index contributed by atoms with van der Waals surface area (Å²) < 4.78 is 93.1. The van der Waals surface area contributed by atoms with Crippen LogP contribution in [0, 0.1) is 11.3 Å². The number of alkyl halides is 5. The third-order valence-corrected chi connectivity index (χ3v) is 8.96. The van der Waals surface area contributed by atoms with Crippen molar-refractivity contribution in [2.45, 2.75) is 70.4 Å². The first-order valence-electron chi connectivity index (χ1n) is 13.2. The van der Waals surface area contributed by atoms with Crippen molar-refractivity contribution in [3.63, 3.8) is 0 Å². The zero-order valence-corrected chi connectivity index (χ0v) is 23.9. The Morgan fingerprint density at radius 1 is 1.24 bits per heavy atom. The van der Waals surface area contributed by atoms with Gasteiger partial charge in [0.05, 0.1) is 22.1 Å². The van der Waals surface area contributed by atoms with Crippen LogP contribution in [0.25, 0.3) is 11.3 Å². The number of ketones is 1. The Kier molecular flexibility index (Phi) is 9.36. The van der Waals surface area contributed by atoms with Crippen LogP contribution in [0.1, 0.15) is 66.3 Å². The van der Waals surface area contributed by atoms with Crippen LogP contribution in [0.2, 0.25) is 5.02 Å². The number of hydrogen-bond donors (Lipinski definition) is 3. The molecule has 0 bridgehead atoms. The Morgan fingerprint density at radius 3 is 2.40 bits per heavy atom. The number of aromatic nitrogens is 2. The van der Waals surface area contributed by atoms with Gasteiger partial charge in [0.2, 0.25) is 0 Å². The van der Waals surface area contributed by atoms with E-state index >= 15 is 0 Å². The first kappa shape index (κ1) is 32.3. The lowest BCUT2D eigenvalue weighted by Crippen LogP contribution is -2.46. The van der Waals surface area contributed by atoms with Crippen LogP contribution in [-0.4, -0.2) is 66.0 Å². The summed E-state index contributed by atoms with van der Waals surface area (Å²) in [6.07, 6.45) is -4.07. The highest BCUT2D eigenvalue weighted by atomic mass is 35.5. The maximum atomic E-state index is 13.5. The molecule has 1 amide bonds. The molecule has 2 fully saturated rings. The van der Waals surface area contributed by atoms with E-state index in [0.717, 1.165) is 18.2 Å². The van der Waals surface area contributed by atoms with Gasteiger partial charge in [-0.1, -0.05) is 17.7 Å². The number of hydrogen-bond acceptors (Lipinski definition) is 6. The lowest BCUT2D eigenvalue weighted by molar-refractivity contribution is -0.171. The normalized spacial score (nSPS) is 22.6. The van der Waals surface area contributed by atoms with Gasteiger partial charge in [-0.2, -0.15) is 27.1 Å². The third kappa shape index (κ3) is 6.63. The lowest BCUT2D eigenvalue weighted by Gasteiger charge is -2.35. The average Bonchev–Trinajstić information content (AvgIpc) is 3.67. The molecule has 4 rings (SSSR count). The number of rotatable bonds is 11. The topological polar surface area (TPSA) is 131 Å². The Balaban J connectivity index is 1.59. The number of aryl methyl sites for hydroxylation is 1. The minimum Gasteiger partial charge on any atom is -0.434 e. The molecule has 3 N–H and O–H groups in total. The SMILES string of the molecule is CCn1nc(C(=O)NCC2(O)CCC(CS(=O)O)CC2)c(Cl)c1-c1ccc(C(=O)C2(C(F)(F)F)CC2)cc1OC(F)F. The molecular weight excluding hydrogens is 613 g/mol. The van der Waals surface area contributed by atoms with Gasteiger partial charge < -0.3 is 19.7 Å². The molecule has 1 aromatic heterocycles. The fourth-order valence-corrected chi connectivity index (χ4v) is 6.31. The molecule has 2 aliphatic rings. The minimum atomic E-state index is -4.80. The Morgan fingerprint density at radius 2 is 1.88 bits per heavy atom. The van der Waals surface area contributed by atoms with Crippen molar-refractivity contribution in [1.82, 2.24) is 15.1 Å². The highest BCUT2D eigenvalue weighted by molar-refractivity contribution is 7.79. The summed E-state index contributed by atoms with van der Waals surface area (Å²) in [7, 11) is 0. The molecule has 2 aliphatic carbocycles. The molecule has 1 atom stereocenters. The van der Waals surface area contributed by atoms with Crippen LogP contribution in [0.5, 0.6) is 5.75 Å². The molecule has 0 aliphatic heterocycles. The van der Waals surface area contributed by atoms with E-state index in [-0.39, 0.29) is 59.6 Å². The fourth-order valence-electron chi connectivity index (χ4n) is 5.25. The standard InChI is InChI=1S/C26H29ClF5N3O6S/c1-2-35-20(16-4-3-15(11-17(16)41-23(28)29)21(36)25(9-10-25)26(30,31)32)18(27)19(34-35)22(37)33-13-24(38)7-5-14(6-8-24)12-42(39)40/h3-4,11,14,23,38H,2,5-10,12-13H2,1H3,(H,33,37)(H,39,40). The molecule has 0 saturated heterocycles. The van der Waals surface area contributed by atoms with Crippen molar-refractivity contribution < 1.29 is 50.1 Å². The molecule has 1 unspecified atom stereocenters. The van der Waals surface area contributed by atoms with Crippen molar-refractivity contribution >= 4 is 34.4 Å². The molecule has 0 radical (unpaired) electrons. The van der Waals surface area contributed by atoms with E-state index in [1.807, 2.05) is 0 Å². The summed E-state index contributed by atoms with van der Waals surface area (Å²) in [5.74, 6) is -2.58. The first-order chi connectivity index (χ1) is 19.6. The summed E-state index contributed by atoms with van der Waals surface area (Å²) in [5, 5.41) is 17.4. The Labute approximate surface area is 245 Å². The lowest BCUT2D eigenvalue weighted by atomic mass is 9.79. The monoisotopic (exact) mass is 641 g/mol. The smallest absolute Gasteiger partial charge is 0.401 e. The van der Waals surface area contributed by atoms with Crippen molar-refractivity contribution in [2.24, 2.45) is 11.3 Å². The molecule has 9 nitrogen and oxygen atoms in total. The quantitative estimate of drug-likeness (QED) is 0.174.